The highest BCUT2D eigenvalue weighted by atomic mass is 16.6. The van der Waals surface area contributed by atoms with E-state index in [0.29, 0.717) is 25.1 Å². The van der Waals surface area contributed by atoms with Gasteiger partial charge in [0.1, 0.15) is 13.2 Å². The first-order valence-corrected chi connectivity index (χ1v) is 17.5. The molecule has 6 nitrogen and oxygen atoms in total. The Kier molecular flexibility index (Phi) is 33.1. The third kappa shape index (κ3) is 30.1. The Morgan fingerprint density at radius 2 is 0.810 bits per heavy atom. The number of carbonyl (C=O) groups is 2. The molecule has 0 aromatic rings. The van der Waals surface area contributed by atoms with Crippen LogP contribution in [0.5, 0.6) is 0 Å². The highest BCUT2D eigenvalue weighted by molar-refractivity contribution is 5.98. The van der Waals surface area contributed by atoms with Crippen molar-refractivity contribution in [3.63, 3.8) is 0 Å². The van der Waals surface area contributed by atoms with Crippen LogP contribution in [0, 0.1) is 5.92 Å². The van der Waals surface area contributed by atoms with Gasteiger partial charge in [-0.15, -0.1) is 0 Å². The van der Waals surface area contributed by atoms with Crippen molar-refractivity contribution in [1.82, 2.24) is 9.80 Å². The van der Waals surface area contributed by atoms with Crippen LogP contribution in [-0.4, -0.2) is 76.2 Å². The molecule has 0 atom stereocenters. The first-order valence-electron chi connectivity index (χ1n) is 17.5. The number of esters is 2. The Morgan fingerprint density at radius 1 is 0.524 bits per heavy atom. The molecule has 0 heterocycles. The molecule has 0 rings (SSSR count). The zero-order chi connectivity index (χ0) is 31.8. The fourth-order valence-electron chi connectivity index (χ4n) is 4.62. The molecule has 0 unspecified atom stereocenters. The Balaban J connectivity index is 0. The maximum Gasteiger partial charge on any atom is 0.324 e. The van der Waals surface area contributed by atoms with Crippen molar-refractivity contribution in [3.8, 4) is 0 Å². The van der Waals surface area contributed by atoms with Gasteiger partial charge in [0.05, 0.1) is 0 Å². The maximum absolute atomic E-state index is 12.5. The Hall–Kier alpha value is -1.40. The summed E-state index contributed by atoms with van der Waals surface area (Å²) in [5, 5.41) is 0. The fourth-order valence-corrected chi connectivity index (χ4v) is 4.62. The number of likely N-dealkylation sites (N-methyl/N-ethyl adjacent to an activating group) is 2. The lowest BCUT2D eigenvalue weighted by molar-refractivity contribution is -0.160. The van der Waals surface area contributed by atoms with Crippen LogP contribution in [0.25, 0.3) is 0 Å². The monoisotopic (exact) mass is 597 g/mol. The summed E-state index contributed by atoms with van der Waals surface area (Å²) < 4.78 is 10.6. The molecule has 0 aromatic carbocycles. The first kappa shape index (κ1) is 42.7. The second kappa shape index (κ2) is 32.5. The standard InChI is InChI=1S/C22H42N2O4.C14H30/c1-7-8-9-10-11-12-13-14-19(2)20(21(25)27-17-15-23(3)4)22(26)28-18-16-24(5)6;1-3-5-7-9-11-13-14-12-10-8-6-4-2/h20H,2,7-18H2,1,3-6H3;3-14H2,1-2H3. The predicted molar refractivity (Wildman–Crippen MR) is 181 cm³/mol. The second-order valence-electron chi connectivity index (χ2n) is 12.4. The van der Waals surface area contributed by atoms with Crippen molar-refractivity contribution in [2.45, 2.75) is 149 Å². The summed E-state index contributed by atoms with van der Waals surface area (Å²) in [4.78, 5) is 28.8. The van der Waals surface area contributed by atoms with Crippen molar-refractivity contribution in [1.29, 1.82) is 0 Å². The quantitative estimate of drug-likeness (QED) is 0.0388. The Bertz CT molecular complexity index is 584. The molecule has 0 bridgehead atoms. The van der Waals surface area contributed by atoms with Gasteiger partial charge in [0, 0.05) is 13.1 Å². The van der Waals surface area contributed by atoms with Gasteiger partial charge in [0.15, 0.2) is 5.92 Å². The summed E-state index contributed by atoms with van der Waals surface area (Å²) in [5.74, 6) is -2.13. The first-order chi connectivity index (χ1) is 20.2. The van der Waals surface area contributed by atoms with E-state index in [1.807, 2.05) is 38.0 Å². The number of unbranched alkanes of at least 4 members (excludes halogenated alkanes) is 17. The molecule has 0 saturated heterocycles. The summed E-state index contributed by atoms with van der Waals surface area (Å²) in [6.45, 7) is 12.5. The van der Waals surface area contributed by atoms with Crippen LogP contribution in [0.1, 0.15) is 149 Å². The Morgan fingerprint density at radius 3 is 1.10 bits per heavy atom. The SMILES string of the molecule is C=C(CCCCCCCCC)C(C(=O)OCCN(C)C)C(=O)OCCN(C)C.CCCCCCCCCCCCCC. The van der Waals surface area contributed by atoms with Gasteiger partial charge in [-0.1, -0.05) is 148 Å². The molecule has 0 saturated carbocycles. The summed E-state index contributed by atoms with van der Waals surface area (Å²) in [6.07, 6.45) is 26.3. The minimum atomic E-state index is -1.02. The van der Waals surface area contributed by atoms with Gasteiger partial charge in [0.2, 0.25) is 0 Å². The number of nitrogens with zero attached hydrogens (tertiary/aromatic N) is 2. The van der Waals surface area contributed by atoms with E-state index in [1.54, 1.807) is 0 Å². The molecule has 0 aliphatic rings. The van der Waals surface area contributed by atoms with Gasteiger partial charge >= 0.3 is 11.9 Å². The smallest absolute Gasteiger partial charge is 0.324 e. The van der Waals surface area contributed by atoms with E-state index in [0.717, 1.165) is 12.8 Å². The summed E-state index contributed by atoms with van der Waals surface area (Å²) in [6, 6.07) is 0. The number of carbonyl (C=O) groups excluding carboxylic acids is 2. The summed E-state index contributed by atoms with van der Waals surface area (Å²) in [7, 11) is 7.61. The molecule has 6 heteroatoms. The second-order valence-corrected chi connectivity index (χ2v) is 12.4. The van der Waals surface area contributed by atoms with Gasteiger partial charge in [-0.25, -0.2) is 0 Å². The van der Waals surface area contributed by atoms with Crippen LogP contribution < -0.4 is 0 Å². The van der Waals surface area contributed by atoms with E-state index in [-0.39, 0.29) is 13.2 Å². The zero-order valence-electron chi connectivity index (χ0n) is 29.3. The lowest BCUT2D eigenvalue weighted by Gasteiger charge is -2.19. The molecular formula is C36H72N2O4. The van der Waals surface area contributed by atoms with Gasteiger partial charge in [0.25, 0.3) is 0 Å². The molecule has 0 aromatic heterocycles. The van der Waals surface area contributed by atoms with Crippen LogP contribution in [0.2, 0.25) is 0 Å². The number of hydrogen-bond acceptors (Lipinski definition) is 6. The van der Waals surface area contributed by atoms with Crippen molar-refractivity contribution < 1.29 is 19.1 Å². The van der Waals surface area contributed by atoms with E-state index in [1.165, 1.54) is 109 Å². The molecule has 0 fully saturated rings. The average Bonchev–Trinajstić information content (AvgIpc) is 2.93. The normalized spacial score (nSPS) is 11.1. The molecule has 0 aliphatic heterocycles. The van der Waals surface area contributed by atoms with Crippen LogP contribution in [0.4, 0.5) is 0 Å². The molecule has 0 aliphatic carbocycles. The molecule has 250 valence electrons. The van der Waals surface area contributed by atoms with Crippen LogP contribution >= 0.6 is 0 Å². The van der Waals surface area contributed by atoms with Gasteiger partial charge < -0.3 is 19.3 Å². The van der Waals surface area contributed by atoms with Crippen LogP contribution in [0.3, 0.4) is 0 Å². The molecule has 42 heavy (non-hydrogen) atoms. The average molecular weight is 597 g/mol. The molecule has 0 N–H and O–H groups in total. The van der Waals surface area contributed by atoms with E-state index in [9.17, 15) is 9.59 Å². The lowest BCUT2D eigenvalue weighted by atomic mass is 9.95. The topological polar surface area (TPSA) is 59.1 Å². The minimum absolute atomic E-state index is 0.248. The van der Waals surface area contributed by atoms with Crippen molar-refractivity contribution in [3.05, 3.63) is 12.2 Å². The van der Waals surface area contributed by atoms with Crippen molar-refractivity contribution in [2.75, 3.05) is 54.5 Å². The lowest BCUT2D eigenvalue weighted by Crippen LogP contribution is -2.32. The number of ether oxygens (including phenoxy) is 2. The highest BCUT2D eigenvalue weighted by Gasteiger charge is 2.32. The van der Waals surface area contributed by atoms with E-state index in [4.69, 9.17) is 9.47 Å². The minimum Gasteiger partial charge on any atom is -0.463 e. The van der Waals surface area contributed by atoms with Crippen LogP contribution in [-0.2, 0) is 19.1 Å². The molecule has 0 radical (unpaired) electrons. The summed E-state index contributed by atoms with van der Waals surface area (Å²) in [5.41, 5.74) is 0.596. The summed E-state index contributed by atoms with van der Waals surface area (Å²) >= 11 is 0. The van der Waals surface area contributed by atoms with Gasteiger partial charge in [-0.05, 0) is 41.0 Å². The molecule has 0 amide bonds. The zero-order valence-corrected chi connectivity index (χ0v) is 29.3. The third-order valence-corrected chi connectivity index (χ3v) is 7.50. The predicted octanol–water partition coefficient (Wildman–Crippen LogP) is 9.22. The van der Waals surface area contributed by atoms with Gasteiger partial charge in [-0.3, -0.25) is 9.59 Å². The van der Waals surface area contributed by atoms with Crippen molar-refractivity contribution >= 4 is 11.9 Å². The van der Waals surface area contributed by atoms with E-state index in [2.05, 4.69) is 27.4 Å². The van der Waals surface area contributed by atoms with E-state index >= 15 is 0 Å². The third-order valence-electron chi connectivity index (χ3n) is 7.50. The fraction of sp³-hybridized carbons (Fsp3) is 0.889. The highest BCUT2D eigenvalue weighted by Crippen LogP contribution is 2.21. The molecular weight excluding hydrogens is 524 g/mol. The largest absolute Gasteiger partial charge is 0.463 e. The Labute approximate surface area is 262 Å². The molecule has 0 spiro atoms. The van der Waals surface area contributed by atoms with Gasteiger partial charge in [-0.2, -0.15) is 0 Å². The van der Waals surface area contributed by atoms with Crippen molar-refractivity contribution in [2.24, 2.45) is 5.92 Å². The van der Waals surface area contributed by atoms with Crippen LogP contribution in [0.15, 0.2) is 12.2 Å². The number of rotatable bonds is 28. The maximum atomic E-state index is 12.5. The van der Waals surface area contributed by atoms with E-state index < -0.39 is 17.9 Å². The number of hydrogen-bond donors (Lipinski definition) is 0.